The number of anilines is 1. The van der Waals surface area contributed by atoms with Crippen molar-refractivity contribution in [2.75, 3.05) is 17.7 Å². The molecule has 0 radical (unpaired) electrons. The van der Waals surface area contributed by atoms with E-state index in [1.807, 2.05) is 38.1 Å². The summed E-state index contributed by atoms with van der Waals surface area (Å²) in [5.41, 5.74) is 0.777. The lowest BCUT2D eigenvalue weighted by atomic mass is 9.96. The number of thioether (sulfide) groups is 1. The number of rotatable bonds is 6. The average Bonchev–Trinajstić information content (AvgIpc) is 2.32. The van der Waals surface area contributed by atoms with Crippen LogP contribution in [0.4, 0.5) is 5.69 Å². The average molecular weight is 267 g/mol. The number of amides is 1. The van der Waals surface area contributed by atoms with Crippen LogP contribution >= 0.6 is 11.8 Å². The van der Waals surface area contributed by atoms with Gasteiger partial charge in [-0.3, -0.25) is 4.79 Å². The lowest BCUT2D eigenvalue weighted by Gasteiger charge is -2.17. The molecule has 0 bridgehead atoms. The summed E-state index contributed by atoms with van der Waals surface area (Å²) in [6.45, 7) is 5.85. The molecule has 1 atom stereocenters. The standard InChI is InChI=1S/C14H21NO2S/c1-4-18-12-7-5-11(6-8-12)15-14(17)13(9-16)10(2)3/h5-8,10,13,16H,4,9H2,1-3H3,(H,15,17). The molecule has 3 nitrogen and oxygen atoms in total. The second kappa shape index (κ2) is 7.44. The highest BCUT2D eigenvalue weighted by molar-refractivity contribution is 7.99. The summed E-state index contributed by atoms with van der Waals surface area (Å²) in [4.78, 5) is 13.1. The van der Waals surface area contributed by atoms with Gasteiger partial charge in [0, 0.05) is 10.6 Å². The van der Waals surface area contributed by atoms with Crippen molar-refractivity contribution in [3.8, 4) is 0 Å². The molecule has 1 aromatic carbocycles. The third kappa shape index (κ3) is 4.35. The number of hydrogen-bond acceptors (Lipinski definition) is 3. The van der Waals surface area contributed by atoms with Gasteiger partial charge < -0.3 is 10.4 Å². The third-order valence-corrected chi connectivity index (χ3v) is 3.67. The quantitative estimate of drug-likeness (QED) is 0.779. The lowest BCUT2D eigenvalue weighted by molar-refractivity contribution is -0.122. The summed E-state index contributed by atoms with van der Waals surface area (Å²) in [6, 6.07) is 7.77. The maximum atomic E-state index is 11.9. The Morgan fingerprint density at radius 1 is 1.33 bits per heavy atom. The number of aliphatic hydroxyl groups is 1. The third-order valence-electron chi connectivity index (χ3n) is 2.77. The molecule has 0 aliphatic heterocycles. The number of benzene rings is 1. The molecule has 0 aromatic heterocycles. The van der Waals surface area contributed by atoms with E-state index in [0.717, 1.165) is 11.4 Å². The topological polar surface area (TPSA) is 49.3 Å². The second-order valence-corrected chi connectivity index (χ2v) is 5.82. The first kappa shape index (κ1) is 15.1. The van der Waals surface area contributed by atoms with Crippen LogP contribution in [-0.2, 0) is 4.79 Å². The van der Waals surface area contributed by atoms with Crippen LogP contribution in [0.15, 0.2) is 29.2 Å². The van der Waals surface area contributed by atoms with Gasteiger partial charge in [-0.2, -0.15) is 0 Å². The first-order chi connectivity index (χ1) is 8.58. The van der Waals surface area contributed by atoms with E-state index >= 15 is 0 Å². The minimum atomic E-state index is -0.352. The molecule has 0 aliphatic carbocycles. The molecule has 0 saturated carbocycles. The van der Waals surface area contributed by atoms with E-state index in [4.69, 9.17) is 0 Å². The van der Waals surface area contributed by atoms with Crippen molar-refractivity contribution in [2.45, 2.75) is 25.7 Å². The van der Waals surface area contributed by atoms with Gasteiger partial charge in [-0.25, -0.2) is 0 Å². The molecule has 2 N–H and O–H groups in total. The van der Waals surface area contributed by atoms with Crippen LogP contribution in [0.25, 0.3) is 0 Å². The summed E-state index contributed by atoms with van der Waals surface area (Å²) in [5, 5.41) is 12.0. The van der Waals surface area contributed by atoms with Crippen LogP contribution in [-0.4, -0.2) is 23.4 Å². The zero-order valence-corrected chi connectivity index (χ0v) is 12.0. The van der Waals surface area contributed by atoms with Gasteiger partial charge in [0.05, 0.1) is 12.5 Å². The molecule has 0 saturated heterocycles. The Balaban J connectivity index is 2.64. The first-order valence-corrected chi connectivity index (χ1v) is 7.21. The predicted molar refractivity (Wildman–Crippen MR) is 76.9 cm³/mol. The van der Waals surface area contributed by atoms with Gasteiger partial charge in [0.25, 0.3) is 0 Å². The SMILES string of the molecule is CCSc1ccc(NC(=O)C(CO)C(C)C)cc1. The maximum absolute atomic E-state index is 11.9. The van der Waals surface area contributed by atoms with Crippen LogP contribution < -0.4 is 5.32 Å². The van der Waals surface area contributed by atoms with Crippen molar-refractivity contribution >= 4 is 23.4 Å². The van der Waals surface area contributed by atoms with E-state index in [1.54, 1.807) is 11.8 Å². The molecule has 1 aromatic rings. The number of nitrogens with one attached hydrogen (secondary N) is 1. The highest BCUT2D eigenvalue weighted by Crippen LogP contribution is 2.20. The Bertz CT molecular complexity index is 376. The lowest BCUT2D eigenvalue weighted by Crippen LogP contribution is -2.29. The van der Waals surface area contributed by atoms with Crippen molar-refractivity contribution in [3.05, 3.63) is 24.3 Å². The van der Waals surface area contributed by atoms with Gasteiger partial charge in [-0.15, -0.1) is 11.8 Å². The minimum absolute atomic E-state index is 0.118. The number of aliphatic hydroxyl groups excluding tert-OH is 1. The Kier molecular flexibility index (Phi) is 6.22. The van der Waals surface area contributed by atoms with E-state index in [9.17, 15) is 9.90 Å². The van der Waals surface area contributed by atoms with Crippen molar-refractivity contribution in [1.82, 2.24) is 0 Å². The minimum Gasteiger partial charge on any atom is -0.396 e. The Labute approximate surface area is 113 Å². The van der Waals surface area contributed by atoms with Crippen molar-refractivity contribution in [2.24, 2.45) is 11.8 Å². The van der Waals surface area contributed by atoms with Gasteiger partial charge in [0.2, 0.25) is 5.91 Å². The predicted octanol–water partition coefficient (Wildman–Crippen LogP) is 3.00. The molecule has 1 unspecified atom stereocenters. The maximum Gasteiger partial charge on any atom is 0.230 e. The molecule has 0 aliphatic rings. The fourth-order valence-corrected chi connectivity index (χ4v) is 2.29. The zero-order valence-electron chi connectivity index (χ0n) is 11.1. The van der Waals surface area contributed by atoms with E-state index in [1.165, 1.54) is 4.90 Å². The number of hydrogen-bond donors (Lipinski definition) is 2. The summed E-state index contributed by atoms with van der Waals surface area (Å²) in [7, 11) is 0. The fraction of sp³-hybridized carbons (Fsp3) is 0.500. The molecular formula is C14H21NO2S. The highest BCUT2D eigenvalue weighted by Gasteiger charge is 2.21. The van der Waals surface area contributed by atoms with Gasteiger partial charge in [0.15, 0.2) is 0 Å². The largest absolute Gasteiger partial charge is 0.396 e. The monoisotopic (exact) mass is 267 g/mol. The Morgan fingerprint density at radius 2 is 1.94 bits per heavy atom. The summed E-state index contributed by atoms with van der Waals surface area (Å²) in [6.07, 6.45) is 0. The molecule has 0 spiro atoms. The molecule has 1 rings (SSSR count). The van der Waals surface area contributed by atoms with Gasteiger partial charge >= 0.3 is 0 Å². The Hall–Kier alpha value is -1.00. The summed E-state index contributed by atoms with van der Waals surface area (Å²) >= 11 is 1.77. The number of carbonyl (C=O) groups is 1. The fourth-order valence-electron chi connectivity index (χ4n) is 1.63. The Morgan fingerprint density at radius 3 is 2.39 bits per heavy atom. The normalized spacial score (nSPS) is 12.5. The van der Waals surface area contributed by atoms with Crippen molar-refractivity contribution < 1.29 is 9.90 Å². The smallest absolute Gasteiger partial charge is 0.230 e. The van der Waals surface area contributed by atoms with Crippen LogP contribution in [0.5, 0.6) is 0 Å². The van der Waals surface area contributed by atoms with Gasteiger partial charge in [-0.05, 0) is 35.9 Å². The summed E-state index contributed by atoms with van der Waals surface area (Å²) < 4.78 is 0. The van der Waals surface area contributed by atoms with E-state index in [-0.39, 0.29) is 24.3 Å². The van der Waals surface area contributed by atoms with E-state index in [0.29, 0.717) is 0 Å². The van der Waals surface area contributed by atoms with Crippen LogP contribution in [0, 0.1) is 11.8 Å². The van der Waals surface area contributed by atoms with Crippen molar-refractivity contribution in [1.29, 1.82) is 0 Å². The van der Waals surface area contributed by atoms with E-state index in [2.05, 4.69) is 12.2 Å². The molecular weight excluding hydrogens is 246 g/mol. The van der Waals surface area contributed by atoms with Crippen LogP contribution in [0.2, 0.25) is 0 Å². The summed E-state index contributed by atoms with van der Waals surface area (Å²) in [5.74, 6) is 0.689. The zero-order chi connectivity index (χ0) is 13.5. The molecule has 100 valence electrons. The molecule has 4 heteroatoms. The van der Waals surface area contributed by atoms with Gasteiger partial charge in [-0.1, -0.05) is 20.8 Å². The number of carbonyl (C=O) groups excluding carboxylic acids is 1. The van der Waals surface area contributed by atoms with Gasteiger partial charge in [0.1, 0.15) is 0 Å². The second-order valence-electron chi connectivity index (χ2n) is 4.48. The molecule has 0 fully saturated rings. The highest BCUT2D eigenvalue weighted by atomic mass is 32.2. The molecule has 0 heterocycles. The molecule has 1 amide bonds. The molecule has 18 heavy (non-hydrogen) atoms. The first-order valence-electron chi connectivity index (χ1n) is 6.23. The van der Waals surface area contributed by atoms with Crippen LogP contribution in [0.1, 0.15) is 20.8 Å². The van der Waals surface area contributed by atoms with Crippen LogP contribution in [0.3, 0.4) is 0 Å². The van der Waals surface area contributed by atoms with Crippen molar-refractivity contribution in [3.63, 3.8) is 0 Å². The van der Waals surface area contributed by atoms with E-state index < -0.39 is 0 Å².